The molecule has 1 aliphatic rings. The molecule has 4 aromatic rings. The van der Waals surface area contributed by atoms with Crippen LogP contribution in [-0.2, 0) is 0 Å². The van der Waals surface area contributed by atoms with Gasteiger partial charge in [-0.15, -0.1) is 12.4 Å². The molecule has 1 N–H and O–H groups in total. The molecule has 2 heterocycles. The number of aromatic nitrogens is 1. The molecule has 1 aromatic heterocycles. The predicted molar refractivity (Wildman–Crippen MR) is 145 cm³/mol. The number of piperidine rings is 1. The van der Waals surface area contributed by atoms with Gasteiger partial charge in [0.15, 0.2) is 5.58 Å². The lowest BCUT2D eigenvalue weighted by atomic mass is 10.0. The number of rotatable bonds is 5. The Morgan fingerprint density at radius 2 is 1.92 bits per heavy atom. The Balaban J connectivity index is 0.00000304. The zero-order valence-electron chi connectivity index (χ0n) is 20.0. The van der Waals surface area contributed by atoms with Crippen LogP contribution in [0.15, 0.2) is 65.1 Å². The molecule has 9 heteroatoms. The molecular formula is C27H27Cl2FN4O2. The van der Waals surface area contributed by atoms with E-state index >= 15 is 0 Å². The second-order valence-electron chi connectivity index (χ2n) is 8.90. The van der Waals surface area contributed by atoms with Gasteiger partial charge in [0, 0.05) is 23.9 Å². The van der Waals surface area contributed by atoms with E-state index in [0.717, 1.165) is 18.5 Å². The van der Waals surface area contributed by atoms with Gasteiger partial charge in [0.1, 0.15) is 11.3 Å². The third-order valence-corrected chi connectivity index (χ3v) is 6.82. The molecule has 188 valence electrons. The maximum Gasteiger partial charge on any atom is 0.299 e. The summed E-state index contributed by atoms with van der Waals surface area (Å²) in [5.41, 5.74) is 3.99. The number of likely N-dealkylation sites (tertiary alicyclic amines) is 1. The van der Waals surface area contributed by atoms with Crippen LogP contribution in [0.5, 0.6) is 0 Å². The van der Waals surface area contributed by atoms with Crippen molar-refractivity contribution in [1.29, 1.82) is 0 Å². The van der Waals surface area contributed by atoms with Crippen molar-refractivity contribution in [3.05, 3.63) is 77.1 Å². The third-order valence-electron chi connectivity index (χ3n) is 6.50. The van der Waals surface area contributed by atoms with E-state index in [1.165, 1.54) is 25.0 Å². The van der Waals surface area contributed by atoms with Crippen LogP contribution in [-0.4, -0.2) is 42.6 Å². The molecule has 0 bridgehead atoms. The maximum absolute atomic E-state index is 13.3. The van der Waals surface area contributed by atoms with E-state index < -0.39 is 0 Å². The lowest BCUT2D eigenvalue weighted by molar-refractivity contribution is 0.102. The van der Waals surface area contributed by atoms with E-state index in [1.54, 1.807) is 36.4 Å². The Morgan fingerprint density at radius 1 is 1.14 bits per heavy atom. The van der Waals surface area contributed by atoms with Crippen LogP contribution >= 0.6 is 24.0 Å². The molecule has 3 aromatic carbocycles. The van der Waals surface area contributed by atoms with Crippen molar-refractivity contribution >= 4 is 52.7 Å². The Kier molecular flexibility index (Phi) is 7.83. The van der Waals surface area contributed by atoms with Gasteiger partial charge < -0.3 is 14.6 Å². The van der Waals surface area contributed by atoms with E-state index in [0.29, 0.717) is 39.0 Å². The number of oxazole rings is 1. The average molecular weight is 529 g/mol. The molecule has 1 aliphatic heterocycles. The summed E-state index contributed by atoms with van der Waals surface area (Å²) in [5, 5.41) is 3.24. The van der Waals surface area contributed by atoms with Crippen molar-refractivity contribution in [1.82, 2.24) is 9.88 Å². The van der Waals surface area contributed by atoms with Crippen LogP contribution in [0.2, 0.25) is 5.02 Å². The maximum atomic E-state index is 13.3. The Bertz CT molecular complexity index is 1380. The molecule has 1 fully saturated rings. The van der Waals surface area contributed by atoms with Crippen molar-refractivity contribution in [3.63, 3.8) is 0 Å². The quantitative estimate of drug-likeness (QED) is 0.307. The molecule has 1 atom stereocenters. The van der Waals surface area contributed by atoms with Gasteiger partial charge >= 0.3 is 0 Å². The van der Waals surface area contributed by atoms with Crippen molar-refractivity contribution < 1.29 is 13.6 Å². The minimum atomic E-state index is -0.390. The number of nitrogens with zero attached hydrogens (tertiary/aromatic N) is 3. The van der Waals surface area contributed by atoms with Gasteiger partial charge in [-0.25, -0.2) is 4.39 Å². The van der Waals surface area contributed by atoms with Gasteiger partial charge in [0.2, 0.25) is 0 Å². The van der Waals surface area contributed by atoms with Gasteiger partial charge in [0.25, 0.3) is 11.9 Å². The first-order valence-corrected chi connectivity index (χ1v) is 12.0. The van der Waals surface area contributed by atoms with Gasteiger partial charge in [-0.3, -0.25) is 9.69 Å². The summed E-state index contributed by atoms with van der Waals surface area (Å²) in [5.74, 6) is -0.635. The molecule has 1 amide bonds. The summed E-state index contributed by atoms with van der Waals surface area (Å²) in [7, 11) is 4.13. The smallest absolute Gasteiger partial charge is 0.299 e. The van der Waals surface area contributed by atoms with Crippen molar-refractivity contribution in [2.45, 2.75) is 25.4 Å². The number of hydrogen-bond acceptors (Lipinski definition) is 5. The van der Waals surface area contributed by atoms with E-state index in [2.05, 4.69) is 27.1 Å². The normalized spacial score (nSPS) is 15.9. The highest BCUT2D eigenvalue weighted by Crippen LogP contribution is 2.30. The van der Waals surface area contributed by atoms with E-state index in [1.807, 2.05) is 19.2 Å². The van der Waals surface area contributed by atoms with Gasteiger partial charge in [-0.05, 0) is 86.9 Å². The number of fused-ring (bicyclic) bond motifs is 1. The van der Waals surface area contributed by atoms with E-state index in [-0.39, 0.29) is 30.3 Å². The first-order chi connectivity index (χ1) is 16.9. The summed E-state index contributed by atoms with van der Waals surface area (Å²) < 4.78 is 19.3. The Morgan fingerprint density at radius 3 is 2.64 bits per heavy atom. The van der Waals surface area contributed by atoms with Crippen molar-refractivity contribution in [3.8, 4) is 11.1 Å². The highest BCUT2D eigenvalue weighted by atomic mass is 35.5. The summed E-state index contributed by atoms with van der Waals surface area (Å²) in [6, 6.07) is 17.3. The predicted octanol–water partition coefficient (Wildman–Crippen LogP) is 6.84. The number of benzene rings is 3. The third kappa shape index (κ3) is 5.33. The summed E-state index contributed by atoms with van der Waals surface area (Å²) in [4.78, 5) is 21.9. The molecule has 0 spiro atoms. The molecule has 0 radical (unpaired) electrons. The van der Waals surface area contributed by atoms with Crippen LogP contribution in [0.3, 0.4) is 0 Å². The van der Waals surface area contributed by atoms with E-state index in [9.17, 15) is 9.18 Å². The van der Waals surface area contributed by atoms with Crippen LogP contribution in [0, 0.1) is 5.82 Å². The molecule has 0 aliphatic carbocycles. The minimum Gasteiger partial charge on any atom is -0.423 e. The fourth-order valence-corrected chi connectivity index (χ4v) is 4.82. The molecular weight excluding hydrogens is 502 g/mol. The number of amides is 1. The number of nitrogens with one attached hydrogen (secondary N) is 1. The largest absolute Gasteiger partial charge is 0.423 e. The average Bonchev–Trinajstić information content (AvgIpc) is 3.28. The highest BCUT2D eigenvalue weighted by molar-refractivity contribution is 6.33. The zero-order chi connectivity index (χ0) is 24.5. The van der Waals surface area contributed by atoms with Crippen molar-refractivity contribution in [2.24, 2.45) is 0 Å². The molecule has 0 saturated carbocycles. The molecule has 5 rings (SSSR count). The standard InChI is InChI=1S/C27H26ClFN4O2.ClH/c1-32-14-4-3-5-25(32)33(2)27-31-23-16-20(11-13-24(23)35-27)30-26(34)18-8-6-17(7-9-18)21-12-10-19(29)15-22(21)28;/h6-13,15-16,25H,3-5,14H2,1-2H3,(H,30,34);1H. The molecule has 36 heavy (non-hydrogen) atoms. The Labute approximate surface area is 220 Å². The van der Waals surface area contributed by atoms with Crippen LogP contribution < -0.4 is 10.2 Å². The lowest BCUT2D eigenvalue weighted by Crippen LogP contribution is -2.47. The zero-order valence-corrected chi connectivity index (χ0v) is 21.6. The van der Waals surface area contributed by atoms with E-state index in [4.69, 9.17) is 16.0 Å². The number of carbonyl (C=O) groups is 1. The molecule has 6 nitrogen and oxygen atoms in total. The van der Waals surface area contributed by atoms with Gasteiger partial charge in [0.05, 0.1) is 11.2 Å². The Hall–Kier alpha value is -3.13. The monoisotopic (exact) mass is 528 g/mol. The van der Waals surface area contributed by atoms with Crippen LogP contribution in [0.25, 0.3) is 22.2 Å². The fraction of sp³-hybridized carbons (Fsp3) is 0.259. The number of anilines is 2. The van der Waals surface area contributed by atoms with Crippen LogP contribution in [0.1, 0.15) is 29.6 Å². The topological polar surface area (TPSA) is 61.6 Å². The second kappa shape index (κ2) is 10.9. The minimum absolute atomic E-state index is 0. The number of carbonyl (C=O) groups excluding carboxylic acids is 1. The highest BCUT2D eigenvalue weighted by Gasteiger charge is 2.26. The van der Waals surface area contributed by atoms with Gasteiger partial charge in [-0.2, -0.15) is 4.98 Å². The second-order valence-corrected chi connectivity index (χ2v) is 9.31. The first-order valence-electron chi connectivity index (χ1n) is 11.6. The fourth-order valence-electron chi connectivity index (χ4n) is 4.55. The molecule has 1 unspecified atom stereocenters. The number of hydrogen-bond donors (Lipinski definition) is 1. The summed E-state index contributed by atoms with van der Waals surface area (Å²) >= 11 is 6.16. The van der Waals surface area contributed by atoms with Gasteiger partial charge in [-0.1, -0.05) is 23.7 Å². The lowest BCUT2D eigenvalue weighted by Gasteiger charge is -2.37. The summed E-state index contributed by atoms with van der Waals surface area (Å²) in [6.45, 7) is 1.06. The summed E-state index contributed by atoms with van der Waals surface area (Å²) in [6.07, 6.45) is 3.72. The van der Waals surface area contributed by atoms with Crippen molar-refractivity contribution in [2.75, 3.05) is 30.9 Å². The SMILES string of the molecule is CN1CCCCC1N(C)c1nc2cc(NC(=O)c3ccc(-c4ccc(F)cc4Cl)cc3)ccc2o1.Cl. The molecule has 1 saturated heterocycles. The first kappa shape index (κ1) is 25.9. The number of halogens is 3. The van der Waals surface area contributed by atoms with Crippen LogP contribution in [0.4, 0.5) is 16.1 Å².